The van der Waals surface area contributed by atoms with Gasteiger partial charge in [0.15, 0.2) is 5.82 Å². The van der Waals surface area contributed by atoms with Crippen molar-refractivity contribution in [2.24, 2.45) is 0 Å². The highest BCUT2D eigenvalue weighted by molar-refractivity contribution is 7.26. The fraction of sp³-hybridized carbons (Fsp3) is 0.0169. The number of rotatable bonds is 7. The van der Waals surface area contributed by atoms with Crippen LogP contribution in [0.15, 0.2) is 231 Å². The monoisotopic (exact) mass is 806 g/mol. The molecule has 62 heavy (non-hydrogen) atoms. The molecule has 0 unspecified atom stereocenters. The molecular weight excluding hydrogens is 769 g/mol. The van der Waals surface area contributed by atoms with Gasteiger partial charge in [-0.2, -0.15) is 0 Å². The molecule has 2 heterocycles. The zero-order valence-corrected chi connectivity index (χ0v) is 34.6. The molecule has 2 nitrogen and oxygen atoms in total. The molecule has 0 spiro atoms. The summed E-state index contributed by atoms with van der Waals surface area (Å²) in [5.74, 6) is 0.687. The second-order valence-electron chi connectivity index (χ2n) is 16.0. The lowest BCUT2D eigenvalue weighted by molar-refractivity contribution is 0.770. The molecular formula is C59H38N2S. The van der Waals surface area contributed by atoms with Gasteiger partial charge in [0.1, 0.15) is 0 Å². The van der Waals surface area contributed by atoms with Gasteiger partial charge in [0, 0.05) is 36.9 Å². The summed E-state index contributed by atoms with van der Waals surface area (Å²) in [7, 11) is 0. The van der Waals surface area contributed by atoms with Crippen molar-refractivity contribution in [3.05, 3.63) is 253 Å². The van der Waals surface area contributed by atoms with Crippen molar-refractivity contribution in [1.82, 2.24) is 9.97 Å². The predicted molar refractivity (Wildman–Crippen MR) is 259 cm³/mol. The molecule has 12 rings (SSSR count). The highest BCUT2D eigenvalue weighted by atomic mass is 32.1. The van der Waals surface area contributed by atoms with Crippen LogP contribution in [-0.4, -0.2) is 9.97 Å². The van der Waals surface area contributed by atoms with Crippen LogP contribution in [0.2, 0.25) is 0 Å². The third-order valence-electron chi connectivity index (χ3n) is 12.6. The lowest BCUT2D eigenvalue weighted by Gasteiger charge is -2.35. The Morgan fingerprint density at radius 3 is 1.53 bits per heavy atom. The minimum Gasteiger partial charge on any atom is -0.228 e. The van der Waals surface area contributed by atoms with Crippen LogP contribution >= 0.6 is 11.3 Å². The molecule has 9 aromatic carbocycles. The van der Waals surface area contributed by atoms with Crippen molar-refractivity contribution >= 4 is 31.5 Å². The van der Waals surface area contributed by atoms with Gasteiger partial charge >= 0.3 is 0 Å². The van der Waals surface area contributed by atoms with Gasteiger partial charge in [-0.1, -0.05) is 200 Å². The van der Waals surface area contributed by atoms with E-state index in [1.54, 1.807) is 0 Å². The summed E-state index contributed by atoms with van der Waals surface area (Å²) in [5, 5.41) is 2.57. The van der Waals surface area contributed by atoms with E-state index in [9.17, 15) is 0 Å². The molecule has 0 saturated carbocycles. The third-order valence-corrected chi connectivity index (χ3v) is 13.8. The van der Waals surface area contributed by atoms with E-state index in [4.69, 9.17) is 9.97 Å². The van der Waals surface area contributed by atoms with Crippen molar-refractivity contribution in [1.29, 1.82) is 0 Å². The average molecular weight is 807 g/mol. The Bertz CT molecular complexity index is 3420. The minimum atomic E-state index is -0.591. The SMILES string of the molecule is c1ccc(-c2cc(-c3cc(-c4ccccc4C4(c5ccccc5)c5ccccc5-c5ccccc54)nc(-c4ccccc4)n3)cc(-c3cccc4c3sc3ccccc34)c2)cc1. The summed E-state index contributed by atoms with van der Waals surface area (Å²) < 4.78 is 2.58. The van der Waals surface area contributed by atoms with Gasteiger partial charge in [-0.25, -0.2) is 9.97 Å². The normalized spacial score (nSPS) is 12.6. The van der Waals surface area contributed by atoms with Gasteiger partial charge in [-0.05, 0) is 86.0 Å². The van der Waals surface area contributed by atoms with E-state index < -0.39 is 5.41 Å². The van der Waals surface area contributed by atoms with E-state index in [0.29, 0.717) is 5.82 Å². The maximum absolute atomic E-state index is 5.49. The molecule has 1 aliphatic rings. The number of hydrogen-bond acceptors (Lipinski definition) is 3. The van der Waals surface area contributed by atoms with Gasteiger partial charge in [0.25, 0.3) is 0 Å². The topological polar surface area (TPSA) is 25.8 Å². The van der Waals surface area contributed by atoms with Crippen LogP contribution in [0.25, 0.3) is 87.5 Å². The van der Waals surface area contributed by atoms with Crippen LogP contribution in [0, 0.1) is 0 Å². The molecule has 1 aliphatic carbocycles. The fourth-order valence-corrected chi connectivity index (χ4v) is 11.1. The number of fused-ring (bicyclic) bond motifs is 6. The highest BCUT2D eigenvalue weighted by Crippen LogP contribution is 2.57. The van der Waals surface area contributed by atoms with Crippen LogP contribution < -0.4 is 0 Å². The molecule has 2 aromatic heterocycles. The van der Waals surface area contributed by atoms with Gasteiger partial charge in [0.2, 0.25) is 0 Å². The van der Waals surface area contributed by atoms with E-state index in [0.717, 1.165) is 44.8 Å². The summed E-state index contributed by atoms with van der Waals surface area (Å²) in [6.07, 6.45) is 0. The maximum Gasteiger partial charge on any atom is 0.160 e. The summed E-state index contributed by atoms with van der Waals surface area (Å²) in [6, 6.07) is 83.4. The summed E-state index contributed by atoms with van der Waals surface area (Å²) in [5.41, 5.74) is 16.4. The Balaban J connectivity index is 1.13. The lowest BCUT2D eigenvalue weighted by atomic mass is 9.66. The molecule has 0 aliphatic heterocycles. The smallest absolute Gasteiger partial charge is 0.160 e. The van der Waals surface area contributed by atoms with Gasteiger partial charge in [0.05, 0.1) is 16.8 Å². The first kappa shape index (κ1) is 36.2. The average Bonchev–Trinajstić information content (AvgIpc) is 3.89. The maximum atomic E-state index is 5.49. The highest BCUT2D eigenvalue weighted by Gasteiger charge is 2.47. The van der Waals surface area contributed by atoms with Crippen molar-refractivity contribution in [3.8, 4) is 67.3 Å². The van der Waals surface area contributed by atoms with Crippen molar-refractivity contribution in [2.45, 2.75) is 5.41 Å². The third kappa shape index (κ3) is 5.78. The molecule has 0 atom stereocenters. The van der Waals surface area contributed by atoms with Gasteiger partial charge in [-0.3, -0.25) is 0 Å². The van der Waals surface area contributed by atoms with E-state index in [2.05, 4.69) is 224 Å². The van der Waals surface area contributed by atoms with Crippen LogP contribution in [-0.2, 0) is 5.41 Å². The quantitative estimate of drug-likeness (QED) is 0.160. The van der Waals surface area contributed by atoms with E-state index in [1.807, 2.05) is 17.4 Å². The summed E-state index contributed by atoms with van der Waals surface area (Å²) in [4.78, 5) is 10.9. The number of aromatic nitrogens is 2. The van der Waals surface area contributed by atoms with Gasteiger partial charge < -0.3 is 0 Å². The number of hydrogen-bond donors (Lipinski definition) is 0. The van der Waals surface area contributed by atoms with E-state index in [1.165, 1.54) is 59.1 Å². The number of thiophene rings is 1. The molecule has 0 fully saturated rings. The van der Waals surface area contributed by atoms with Gasteiger partial charge in [-0.15, -0.1) is 11.3 Å². The Morgan fingerprint density at radius 2 is 0.823 bits per heavy atom. The summed E-state index contributed by atoms with van der Waals surface area (Å²) in [6.45, 7) is 0. The van der Waals surface area contributed by atoms with Crippen LogP contribution in [0.3, 0.4) is 0 Å². The number of nitrogens with zero attached hydrogens (tertiary/aromatic N) is 2. The molecule has 0 N–H and O–H groups in total. The number of benzene rings is 9. The summed E-state index contributed by atoms with van der Waals surface area (Å²) >= 11 is 1.86. The molecule has 0 radical (unpaired) electrons. The van der Waals surface area contributed by atoms with Crippen molar-refractivity contribution in [2.75, 3.05) is 0 Å². The van der Waals surface area contributed by atoms with Crippen molar-refractivity contribution in [3.63, 3.8) is 0 Å². The molecule has 290 valence electrons. The van der Waals surface area contributed by atoms with Crippen LogP contribution in [0.1, 0.15) is 22.3 Å². The zero-order chi connectivity index (χ0) is 41.0. The van der Waals surface area contributed by atoms with Crippen LogP contribution in [0.5, 0.6) is 0 Å². The largest absolute Gasteiger partial charge is 0.228 e. The second-order valence-corrected chi connectivity index (χ2v) is 17.1. The molecule has 11 aromatic rings. The molecule has 0 amide bonds. The fourth-order valence-electron chi connectivity index (χ4n) is 9.87. The first-order valence-electron chi connectivity index (χ1n) is 21.1. The zero-order valence-electron chi connectivity index (χ0n) is 33.7. The second kappa shape index (κ2) is 14.8. The lowest BCUT2D eigenvalue weighted by Crippen LogP contribution is -2.29. The standard InChI is InChI=1S/C59H38N2S/c1-4-19-39(20-5-1)41-35-42(45-29-18-30-49-48-27-13-17-34-56(48)62-57(45)49)37-43(36-41)54-38-55(61-58(60-54)40-21-6-2-7-22-40)50-28-12-16-33-53(50)59(44-23-8-3-9-24-44)51-31-14-10-25-46(51)47-26-11-15-32-52(47)59/h1-38H. The molecule has 0 bridgehead atoms. The van der Waals surface area contributed by atoms with Crippen molar-refractivity contribution < 1.29 is 0 Å². The Kier molecular flexibility index (Phi) is 8.62. The first-order chi connectivity index (χ1) is 30.7. The molecule has 0 saturated heterocycles. The first-order valence-corrected chi connectivity index (χ1v) is 22.0. The Morgan fingerprint density at radius 1 is 0.323 bits per heavy atom. The molecule has 3 heteroatoms. The Labute approximate surface area is 365 Å². The Hall–Kier alpha value is -7.72. The van der Waals surface area contributed by atoms with E-state index >= 15 is 0 Å². The predicted octanol–water partition coefficient (Wildman–Crippen LogP) is 15.5. The van der Waals surface area contributed by atoms with Crippen LogP contribution in [0.4, 0.5) is 0 Å². The minimum absolute atomic E-state index is 0.591. The van der Waals surface area contributed by atoms with E-state index in [-0.39, 0.29) is 0 Å².